The van der Waals surface area contributed by atoms with E-state index in [-0.39, 0.29) is 30.4 Å². The molecule has 9 nitrogen and oxygen atoms in total. The molecule has 3 heterocycles. The van der Waals surface area contributed by atoms with Gasteiger partial charge < -0.3 is 14.9 Å². The van der Waals surface area contributed by atoms with E-state index in [0.717, 1.165) is 6.20 Å². The van der Waals surface area contributed by atoms with Crippen molar-refractivity contribution in [1.82, 2.24) is 24.9 Å². The lowest BCUT2D eigenvalue weighted by atomic mass is 10.2. The summed E-state index contributed by atoms with van der Waals surface area (Å²) in [6.07, 6.45) is 3.50. The molecule has 1 aromatic carbocycles. The molecule has 0 radical (unpaired) electrons. The number of hydrogen-bond donors (Lipinski definition) is 2. The molecule has 0 bridgehead atoms. The molecule has 4 aromatic rings. The number of carboxylic acid groups (broad SMARTS) is 1. The van der Waals surface area contributed by atoms with Crippen LogP contribution in [0, 0.1) is 11.6 Å². The molecule has 3 aromatic heterocycles. The van der Waals surface area contributed by atoms with Crippen molar-refractivity contribution in [2.75, 3.05) is 11.9 Å². The molecule has 0 aliphatic rings. The molecule has 33 heavy (non-hydrogen) atoms. The average Bonchev–Trinajstić information content (AvgIpc) is 3.46. The Hall–Kier alpha value is -4.15. The van der Waals surface area contributed by atoms with Crippen molar-refractivity contribution >= 4 is 11.8 Å². The largest absolute Gasteiger partial charge is 0.481 e. The number of anilines is 1. The van der Waals surface area contributed by atoms with E-state index in [0.29, 0.717) is 42.0 Å². The minimum absolute atomic E-state index is 0.0121. The van der Waals surface area contributed by atoms with E-state index in [1.54, 1.807) is 35.0 Å². The predicted molar refractivity (Wildman–Crippen MR) is 114 cm³/mol. The second-order valence-corrected chi connectivity index (χ2v) is 7.22. The topological polar surface area (TPSA) is 119 Å². The Kier molecular flexibility index (Phi) is 6.67. The van der Waals surface area contributed by atoms with Crippen LogP contribution >= 0.6 is 0 Å². The number of rotatable bonds is 10. The number of halogens is 2. The van der Waals surface area contributed by atoms with Crippen LogP contribution in [-0.2, 0) is 11.3 Å². The molecule has 0 unspecified atom stereocenters. The summed E-state index contributed by atoms with van der Waals surface area (Å²) < 4.78 is 34.9. The summed E-state index contributed by atoms with van der Waals surface area (Å²) in [5.41, 5.74) is 1.82. The van der Waals surface area contributed by atoms with Crippen LogP contribution in [0.25, 0.3) is 22.9 Å². The molecule has 0 spiro atoms. The monoisotopic (exact) mass is 454 g/mol. The van der Waals surface area contributed by atoms with Crippen LogP contribution < -0.4 is 5.32 Å². The molecule has 0 atom stereocenters. The molecule has 170 valence electrons. The van der Waals surface area contributed by atoms with Gasteiger partial charge in [0.25, 0.3) is 0 Å². The summed E-state index contributed by atoms with van der Waals surface area (Å²) >= 11 is 0. The number of nitrogens with one attached hydrogen (secondary N) is 1. The van der Waals surface area contributed by atoms with Gasteiger partial charge in [-0.1, -0.05) is 23.4 Å². The lowest BCUT2D eigenvalue weighted by molar-refractivity contribution is -0.137. The fourth-order valence-corrected chi connectivity index (χ4v) is 3.21. The van der Waals surface area contributed by atoms with Crippen molar-refractivity contribution in [1.29, 1.82) is 0 Å². The normalized spacial score (nSPS) is 11.0. The van der Waals surface area contributed by atoms with Gasteiger partial charge in [0.2, 0.25) is 0 Å². The summed E-state index contributed by atoms with van der Waals surface area (Å²) in [6.45, 7) is 0.483. The van der Waals surface area contributed by atoms with Crippen LogP contribution in [0.15, 0.2) is 53.4 Å². The number of nitrogens with zero attached hydrogens (tertiary/aromatic N) is 5. The van der Waals surface area contributed by atoms with Gasteiger partial charge in [-0.2, -0.15) is 5.10 Å². The van der Waals surface area contributed by atoms with Crippen molar-refractivity contribution in [2.24, 2.45) is 0 Å². The summed E-state index contributed by atoms with van der Waals surface area (Å²) in [6, 6.07) is 9.68. The van der Waals surface area contributed by atoms with Crippen molar-refractivity contribution in [3.05, 3.63) is 66.1 Å². The molecule has 2 N–H and O–H groups in total. The second kappa shape index (κ2) is 9.98. The standard InChI is InChI=1S/C22H20F2N6O3/c23-15-6-2-1-5-14(15)13-30-19(17-8-10-33-29-17)11-18(28-30)22-26-12-16(24)21(27-22)25-9-4-3-7-20(31)32/h1-2,5-6,8,10-12H,3-4,7,9,13H2,(H,31,32)(H,25,26,27). The fourth-order valence-electron chi connectivity index (χ4n) is 3.21. The van der Waals surface area contributed by atoms with Crippen molar-refractivity contribution in [3.63, 3.8) is 0 Å². The van der Waals surface area contributed by atoms with Gasteiger partial charge in [0.05, 0.1) is 18.4 Å². The van der Waals surface area contributed by atoms with Gasteiger partial charge in [0.15, 0.2) is 17.5 Å². The van der Waals surface area contributed by atoms with E-state index < -0.39 is 11.8 Å². The van der Waals surface area contributed by atoms with Gasteiger partial charge >= 0.3 is 5.97 Å². The lowest BCUT2D eigenvalue weighted by Crippen LogP contribution is -2.08. The van der Waals surface area contributed by atoms with E-state index in [1.165, 1.54) is 12.3 Å². The van der Waals surface area contributed by atoms with Crippen LogP contribution in [0.4, 0.5) is 14.6 Å². The highest BCUT2D eigenvalue weighted by molar-refractivity contribution is 5.66. The Morgan fingerprint density at radius 2 is 1.97 bits per heavy atom. The van der Waals surface area contributed by atoms with Crippen LogP contribution in [0.2, 0.25) is 0 Å². The van der Waals surface area contributed by atoms with Gasteiger partial charge in [0.1, 0.15) is 23.5 Å². The average molecular weight is 454 g/mol. The summed E-state index contributed by atoms with van der Waals surface area (Å²) in [4.78, 5) is 18.9. The van der Waals surface area contributed by atoms with Gasteiger partial charge in [-0.05, 0) is 25.0 Å². The van der Waals surface area contributed by atoms with Crippen LogP contribution in [0.3, 0.4) is 0 Å². The maximum Gasteiger partial charge on any atom is 0.303 e. The third-order valence-corrected chi connectivity index (χ3v) is 4.84. The van der Waals surface area contributed by atoms with Crippen LogP contribution in [-0.4, -0.2) is 42.5 Å². The Bertz CT molecular complexity index is 1240. The molecule has 0 saturated carbocycles. The number of aromatic nitrogens is 5. The zero-order chi connectivity index (χ0) is 23.2. The SMILES string of the molecule is O=C(O)CCCCNc1nc(-c2cc(-c3ccon3)n(Cc3ccccc3F)n2)ncc1F. The van der Waals surface area contributed by atoms with Gasteiger partial charge in [0, 0.05) is 24.6 Å². The van der Waals surface area contributed by atoms with Crippen molar-refractivity contribution in [3.8, 4) is 22.9 Å². The molecule has 0 amide bonds. The molecule has 0 saturated heterocycles. The zero-order valence-electron chi connectivity index (χ0n) is 17.4. The third-order valence-electron chi connectivity index (χ3n) is 4.84. The first-order valence-electron chi connectivity index (χ1n) is 10.2. The van der Waals surface area contributed by atoms with E-state index in [2.05, 4.69) is 25.5 Å². The van der Waals surface area contributed by atoms with Gasteiger partial charge in [-0.15, -0.1) is 0 Å². The molecule has 0 aliphatic heterocycles. The van der Waals surface area contributed by atoms with Gasteiger partial charge in [-0.25, -0.2) is 18.7 Å². The minimum atomic E-state index is -0.876. The van der Waals surface area contributed by atoms with Crippen molar-refractivity contribution in [2.45, 2.75) is 25.8 Å². The van der Waals surface area contributed by atoms with E-state index in [9.17, 15) is 13.6 Å². The maximum absolute atomic E-state index is 14.2. The second-order valence-electron chi connectivity index (χ2n) is 7.22. The highest BCUT2D eigenvalue weighted by atomic mass is 19.1. The predicted octanol–water partition coefficient (Wildman–Crippen LogP) is 3.99. The minimum Gasteiger partial charge on any atom is -0.481 e. The number of carboxylic acids is 1. The quantitative estimate of drug-likeness (QED) is 0.345. The summed E-state index contributed by atoms with van der Waals surface area (Å²) in [5.74, 6) is -1.73. The van der Waals surface area contributed by atoms with Gasteiger partial charge in [-0.3, -0.25) is 9.48 Å². The molecule has 4 rings (SSSR count). The molecule has 0 aliphatic carbocycles. The number of benzene rings is 1. The first-order chi connectivity index (χ1) is 16.0. The first kappa shape index (κ1) is 22.1. The Labute approximate surface area is 187 Å². The van der Waals surface area contributed by atoms with E-state index in [4.69, 9.17) is 9.63 Å². The Balaban J connectivity index is 1.60. The fraction of sp³-hybridized carbons (Fsp3) is 0.227. The number of carbonyl (C=O) groups is 1. The third kappa shape index (κ3) is 5.37. The molecular formula is C22H20F2N6O3. The lowest BCUT2D eigenvalue weighted by Gasteiger charge is -2.07. The zero-order valence-corrected chi connectivity index (χ0v) is 17.4. The maximum atomic E-state index is 14.2. The number of unbranched alkanes of at least 4 members (excludes halogenated alkanes) is 1. The van der Waals surface area contributed by atoms with Crippen LogP contribution in [0.5, 0.6) is 0 Å². The molecule has 0 fully saturated rings. The first-order valence-corrected chi connectivity index (χ1v) is 10.2. The highest BCUT2D eigenvalue weighted by Gasteiger charge is 2.18. The highest BCUT2D eigenvalue weighted by Crippen LogP contribution is 2.26. The molecule has 11 heteroatoms. The van der Waals surface area contributed by atoms with Crippen molar-refractivity contribution < 1.29 is 23.2 Å². The molecular weight excluding hydrogens is 434 g/mol. The number of hydrogen-bond acceptors (Lipinski definition) is 7. The smallest absolute Gasteiger partial charge is 0.303 e. The summed E-state index contributed by atoms with van der Waals surface area (Å²) in [5, 5.41) is 20.0. The Morgan fingerprint density at radius 3 is 2.73 bits per heavy atom. The Morgan fingerprint density at radius 1 is 1.12 bits per heavy atom. The number of aliphatic carboxylic acids is 1. The van der Waals surface area contributed by atoms with E-state index in [1.807, 2.05) is 0 Å². The summed E-state index contributed by atoms with van der Waals surface area (Å²) in [7, 11) is 0. The van der Waals surface area contributed by atoms with Crippen LogP contribution in [0.1, 0.15) is 24.8 Å². The van der Waals surface area contributed by atoms with E-state index >= 15 is 0 Å².